The van der Waals surface area contributed by atoms with E-state index in [0.29, 0.717) is 5.57 Å². The highest BCUT2D eigenvalue weighted by molar-refractivity contribution is 5.91. The Kier molecular flexibility index (Phi) is 8.68. The number of rotatable bonds is 6. The Labute approximate surface area is 99.5 Å². The van der Waals surface area contributed by atoms with E-state index < -0.39 is 0 Å². The first-order valence-electron chi connectivity index (χ1n) is 5.15. The molecule has 0 saturated carbocycles. The van der Waals surface area contributed by atoms with Crippen molar-refractivity contribution in [1.82, 2.24) is 5.32 Å². The smallest absolute Gasteiger partial charge is 0.246 e. The third-order valence-corrected chi connectivity index (χ3v) is 2.47. The topological polar surface area (TPSA) is 29.1 Å². The summed E-state index contributed by atoms with van der Waals surface area (Å²) in [7, 11) is 4.39. The Hall–Kier alpha value is -0.540. The zero-order chi connectivity index (χ0) is 11.2. The van der Waals surface area contributed by atoms with Gasteiger partial charge in [-0.25, -0.2) is 0 Å². The van der Waals surface area contributed by atoms with Crippen LogP contribution in [-0.2, 0) is 4.79 Å². The summed E-state index contributed by atoms with van der Waals surface area (Å²) in [5, 5.41) is 2.83. The zero-order valence-corrected chi connectivity index (χ0v) is 11.0. The quantitative estimate of drug-likeness (QED) is 0.327. The van der Waals surface area contributed by atoms with Gasteiger partial charge < -0.3 is 22.2 Å². The van der Waals surface area contributed by atoms with E-state index in [4.69, 9.17) is 0 Å². The number of hydrogen-bond acceptors (Lipinski definition) is 1. The van der Waals surface area contributed by atoms with E-state index in [2.05, 4.69) is 32.9 Å². The van der Waals surface area contributed by atoms with Crippen molar-refractivity contribution in [2.24, 2.45) is 0 Å². The maximum atomic E-state index is 11.1. The Balaban J connectivity index is 0. The van der Waals surface area contributed by atoms with Crippen molar-refractivity contribution in [3.8, 4) is 0 Å². The summed E-state index contributed by atoms with van der Waals surface area (Å²) >= 11 is 0. The fourth-order valence-electron chi connectivity index (χ4n) is 1.02. The Morgan fingerprint density at radius 2 is 1.93 bits per heavy atom. The van der Waals surface area contributed by atoms with Gasteiger partial charge in [0.25, 0.3) is 0 Å². The monoisotopic (exact) mass is 234 g/mol. The first-order valence-corrected chi connectivity index (χ1v) is 5.15. The van der Waals surface area contributed by atoms with Crippen LogP contribution in [0, 0.1) is 0 Å². The first-order chi connectivity index (χ1) is 6.39. The van der Waals surface area contributed by atoms with Crippen LogP contribution in [-0.4, -0.2) is 44.1 Å². The van der Waals surface area contributed by atoms with E-state index in [1.807, 2.05) is 0 Å². The van der Waals surface area contributed by atoms with Crippen LogP contribution in [0.25, 0.3) is 0 Å². The number of carbonyl (C=O) groups excluding carboxylic acids is 1. The van der Waals surface area contributed by atoms with Crippen LogP contribution in [0.3, 0.4) is 0 Å². The minimum Gasteiger partial charge on any atom is -1.00 e. The van der Waals surface area contributed by atoms with Crippen molar-refractivity contribution in [1.29, 1.82) is 0 Å². The minimum atomic E-state index is -0.0354. The van der Waals surface area contributed by atoms with Crippen molar-refractivity contribution in [3.63, 3.8) is 0 Å². The van der Waals surface area contributed by atoms with Crippen LogP contribution in [0.1, 0.15) is 20.3 Å². The molecule has 3 nitrogen and oxygen atoms in total. The number of nitrogens with one attached hydrogen (secondary N) is 1. The van der Waals surface area contributed by atoms with Gasteiger partial charge in [0, 0.05) is 18.5 Å². The molecule has 0 aliphatic rings. The predicted molar refractivity (Wildman–Crippen MR) is 60.0 cm³/mol. The average Bonchev–Trinajstić information content (AvgIpc) is 2.12. The molecule has 0 atom stereocenters. The van der Waals surface area contributed by atoms with Gasteiger partial charge in [-0.3, -0.25) is 4.79 Å². The van der Waals surface area contributed by atoms with Crippen LogP contribution >= 0.6 is 0 Å². The fraction of sp³-hybridized carbons (Fsp3) is 0.727. The number of amides is 1. The Morgan fingerprint density at radius 3 is 2.33 bits per heavy atom. The van der Waals surface area contributed by atoms with Crippen LogP contribution in [0.2, 0.25) is 0 Å². The van der Waals surface area contributed by atoms with E-state index in [0.717, 1.165) is 30.5 Å². The molecule has 0 aromatic carbocycles. The van der Waals surface area contributed by atoms with Gasteiger partial charge in [0.1, 0.15) is 0 Å². The standard InChI is InChI=1S/C11H22N2O.ClH/c1-6-13(4,5)9-7-8-12-11(14)10(2)3;/h2,6-9H2,1,3-5H3;1H. The minimum absolute atomic E-state index is 0. The van der Waals surface area contributed by atoms with Crippen LogP contribution in [0.4, 0.5) is 0 Å². The molecule has 90 valence electrons. The molecule has 0 fully saturated rings. The molecule has 0 bridgehead atoms. The molecule has 0 aromatic rings. The van der Waals surface area contributed by atoms with E-state index in [-0.39, 0.29) is 18.3 Å². The fourth-order valence-corrected chi connectivity index (χ4v) is 1.02. The number of hydrogen-bond donors (Lipinski definition) is 1. The average molecular weight is 235 g/mol. The van der Waals surface area contributed by atoms with Crippen LogP contribution in [0.5, 0.6) is 0 Å². The highest BCUT2D eigenvalue weighted by atomic mass is 35.5. The Morgan fingerprint density at radius 1 is 1.40 bits per heavy atom. The van der Waals surface area contributed by atoms with Crippen molar-refractivity contribution in [2.75, 3.05) is 33.7 Å². The number of quaternary nitrogens is 1. The van der Waals surface area contributed by atoms with E-state index in [9.17, 15) is 4.79 Å². The van der Waals surface area contributed by atoms with Gasteiger partial charge in [0.2, 0.25) is 5.91 Å². The summed E-state index contributed by atoms with van der Waals surface area (Å²) in [6, 6.07) is 0. The molecule has 0 aliphatic carbocycles. The molecular weight excluding hydrogens is 212 g/mol. The van der Waals surface area contributed by atoms with Crippen molar-refractivity contribution in [2.45, 2.75) is 20.3 Å². The Bertz CT molecular complexity index is 215. The third kappa shape index (κ3) is 8.45. The molecule has 0 spiro atoms. The van der Waals surface area contributed by atoms with Crippen molar-refractivity contribution in [3.05, 3.63) is 12.2 Å². The van der Waals surface area contributed by atoms with Crippen LogP contribution < -0.4 is 17.7 Å². The second kappa shape index (κ2) is 7.71. The highest BCUT2D eigenvalue weighted by Gasteiger charge is 2.10. The molecule has 1 amide bonds. The lowest BCUT2D eigenvalue weighted by molar-refractivity contribution is -0.888. The van der Waals surface area contributed by atoms with Gasteiger partial charge in [-0.05, 0) is 13.8 Å². The van der Waals surface area contributed by atoms with Gasteiger partial charge in [-0.1, -0.05) is 6.58 Å². The summed E-state index contributed by atoms with van der Waals surface area (Å²) < 4.78 is 1.00. The zero-order valence-electron chi connectivity index (χ0n) is 10.3. The first kappa shape index (κ1) is 16.9. The molecule has 4 heteroatoms. The lowest BCUT2D eigenvalue weighted by atomic mass is 10.3. The molecule has 0 heterocycles. The molecule has 1 N–H and O–H groups in total. The molecule has 15 heavy (non-hydrogen) atoms. The summed E-state index contributed by atoms with van der Waals surface area (Å²) in [6.45, 7) is 10.4. The lowest BCUT2D eigenvalue weighted by Gasteiger charge is -2.28. The molecule has 0 saturated heterocycles. The molecule has 0 radical (unpaired) electrons. The summed E-state index contributed by atoms with van der Waals surface area (Å²) in [4.78, 5) is 11.1. The third-order valence-electron chi connectivity index (χ3n) is 2.47. The summed E-state index contributed by atoms with van der Waals surface area (Å²) in [6.07, 6.45) is 1.01. The summed E-state index contributed by atoms with van der Waals surface area (Å²) in [5.74, 6) is -0.0354. The number of nitrogens with zero attached hydrogens (tertiary/aromatic N) is 1. The normalized spacial score (nSPS) is 10.4. The number of halogens is 1. The maximum Gasteiger partial charge on any atom is 0.246 e. The van der Waals surface area contributed by atoms with Gasteiger partial charge in [0.15, 0.2) is 0 Å². The molecule has 0 aliphatic heterocycles. The second-order valence-corrected chi connectivity index (χ2v) is 4.37. The van der Waals surface area contributed by atoms with Crippen molar-refractivity contribution >= 4 is 5.91 Å². The SMILES string of the molecule is C=C(C)C(=O)NCCC[N+](C)(C)CC.[Cl-]. The highest BCUT2D eigenvalue weighted by Crippen LogP contribution is 1.97. The molecular formula is C11H23ClN2O. The summed E-state index contributed by atoms with van der Waals surface area (Å²) in [5.41, 5.74) is 0.578. The van der Waals surface area contributed by atoms with Gasteiger partial charge >= 0.3 is 0 Å². The van der Waals surface area contributed by atoms with Crippen LogP contribution in [0.15, 0.2) is 12.2 Å². The lowest BCUT2D eigenvalue weighted by Crippen LogP contribution is -3.00. The van der Waals surface area contributed by atoms with E-state index >= 15 is 0 Å². The maximum absolute atomic E-state index is 11.1. The number of carbonyl (C=O) groups is 1. The van der Waals surface area contributed by atoms with Gasteiger partial charge in [-0.2, -0.15) is 0 Å². The van der Waals surface area contributed by atoms with Crippen molar-refractivity contribution < 1.29 is 21.7 Å². The van der Waals surface area contributed by atoms with Gasteiger partial charge in [0.05, 0.1) is 27.2 Å². The van der Waals surface area contributed by atoms with Gasteiger partial charge in [-0.15, -0.1) is 0 Å². The molecule has 0 rings (SSSR count). The largest absolute Gasteiger partial charge is 1.00 e. The van der Waals surface area contributed by atoms with E-state index in [1.54, 1.807) is 6.92 Å². The predicted octanol–water partition coefficient (Wildman–Crippen LogP) is -1.83. The molecule has 0 unspecified atom stereocenters. The van der Waals surface area contributed by atoms with E-state index in [1.165, 1.54) is 0 Å². The molecule has 0 aromatic heterocycles. The second-order valence-electron chi connectivity index (χ2n) is 4.37.